The second-order valence-corrected chi connectivity index (χ2v) is 3.28. The Morgan fingerprint density at radius 1 is 0.846 bits per heavy atom. The van der Waals surface area contributed by atoms with Gasteiger partial charge < -0.3 is 5.11 Å². The standard InChI is InChI=1S/C12H22O/c1-2-3-4-5-6-7-8-9-10-11-12-13/h4-5,11-13H,2-3,6-10H2,1H3/b5-4?,12-11+. The summed E-state index contributed by atoms with van der Waals surface area (Å²) >= 11 is 0. The molecule has 0 aromatic heterocycles. The van der Waals surface area contributed by atoms with E-state index >= 15 is 0 Å². The van der Waals surface area contributed by atoms with Crippen LogP contribution >= 0.6 is 0 Å². The quantitative estimate of drug-likeness (QED) is 0.336. The molecule has 1 heteroatoms. The van der Waals surface area contributed by atoms with E-state index in [1.807, 2.05) is 6.08 Å². The lowest BCUT2D eigenvalue weighted by Gasteiger charge is -1.94. The Morgan fingerprint density at radius 2 is 1.46 bits per heavy atom. The average Bonchev–Trinajstić information content (AvgIpc) is 2.16. The largest absolute Gasteiger partial charge is 0.516 e. The molecule has 0 saturated heterocycles. The lowest BCUT2D eigenvalue weighted by atomic mass is 10.1. The minimum Gasteiger partial charge on any atom is -0.516 e. The Labute approximate surface area is 82.2 Å². The maximum absolute atomic E-state index is 8.37. The third kappa shape index (κ3) is 11.3. The number of aliphatic hydroxyl groups excluding tert-OH is 1. The van der Waals surface area contributed by atoms with E-state index in [9.17, 15) is 0 Å². The molecule has 0 bridgehead atoms. The van der Waals surface area contributed by atoms with Gasteiger partial charge in [-0.3, -0.25) is 0 Å². The molecule has 0 heterocycles. The van der Waals surface area contributed by atoms with Crippen molar-refractivity contribution >= 4 is 0 Å². The summed E-state index contributed by atoms with van der Waals surface area (Å²) in [6.07, 6.45) is 15.9. The summed E-state index contributed by atoms with van der Waals surface area (Å²) in [5.74, 6) is 0. The zero-order valence-electron chi connectivity index (χ0n) is 8.71. The van der Waals surface area contributed by atoms with Crippen molar-refractivity contribution in [3.8, 4) is 0 Å². The van der Waals surface area contributed by atoms with E-state index in [4.69, 9.17) is 5.11 Å². The highest BCUT2D eigenvalue weighted by atomic mass is 16.2. The van der Waals surface area contributed by atoms with Crippen LogP contribution in [0, 0.1) is 0 Å². The minimum atomic E-state index is 1.01. The first kappa shape index (κ1) is 12.3. The maximum Gasteiger partial charge on any atom is 0.0751 e. The van der Waals surface area contributed by atoms with Crippen LogP contribution in [0.1, 0.15) is 51.9 Å². The molecule has 0 aromatic rings. The number of allylic oxidation sites excluding steroid dienone is 3. The first-order valence-electron chi connectivity index (χ1n) is 5.36. The van der Waals surface area contributed by atoms with Crippen LogP contribution in [0.3, 0.4) is 0 Å². The number of hydrogen-bond donors (Lipinski definition) is 1. The summed E-state index contributed by atoms with van der Waals surface area (Å²) in [7, 11) is 0. The van der Waals surface area contributed by atoms with Crippen molar-refractivity contribution in [3.63, 3.8) is 0 Å². The summed E-state index contributed by atoms with van der Waals surface area (Å²) < 4.78 is 0. The molecule has 0 aliphatic heterocycles. The van der Waals surface area contributed by atoms with Gasteiger partial charge in [-0.15, -0.1) is 0 Å². The fourth-order valence-electron chi connectivity index (χ4n) is 1.18. The van der Waals surface area contributed by atoms with Gasteiger partial charge in [-0.25, -0.2) is 0 Å². The molecule has 0 amide bonds. The molecular formula is C12H22O. The van der Waals surface area contributed by atoms with Crippen LogP contribution in [-0.2, 0) is 0 Å². The summed E-state index contributed by atoms with van der Waals surface area (Å²) in [6.45, 7) is 2.20. The number of rotatable bonds is 8. The van der Waals surface area contributed by atoms with Gasteiger partial charge in [0.05, 0.1) is 6.26 Å². The number of aliphatic hydroxyl groups is 1. The van der Waals surface area contributed by atoms with E-state index in [2.05, 4.69) is 19.1 Å². The molecule has 76 valence electrons. The minimum absolute atomic E-state index is 1.01. The highest BCUT2D eigenvalue weighted by Crippen LogP contribution is 2.04. The smallest absolute Gasteiger partial charge is 0.0751 e. The van der Waals surface area contributed by atoms with E-state index in [1.54, 1.807) is 0 Å². The molecule has 0 aliphatic rings. The van der Waals surface area contributed by atoms with Gasteiger partial charge in [-0.1, -0.05) is 38.0 Å². The summed E-state index contributed by atoms with van der Waals surface area (Å²) in [5.41, 5.74) is 0. The Bertz CT molecular complexity index is 136. The van der Waals surface area contributed by atoms with E-state index in [0.717, 1.165) is 12.7 Å². The van der Waals surface area contributed by atoms with Crippen molar-refractivity contribution in [1.82, 2.24) is 0 Å². The van der Waals surface area contributed by atoms with Gasteiger partial charge in [-0.2, -0.15) is 0 Å². The average molecular weight is 182 g/mol. The van der Waals surface area contributed by atoms with Crippen LogP contribution in [0.2, 0.25) is 0 Å². The summed E-state index contributed by atoms with van der Waals surface area (Å²) in [6, 6.07) is 0. The van der Waals surface area contributed by atoms with Crippen LogP contribution in [0.4, 0.5) is 0 Å². The first-order valence-corrected chi connectivity index (χ1v) is 5.36. The Kier molecular flexibility index (Phi) is 10.7. The van der Waals surface area contributed by atoms with Crippen molar-refractivity contribution in [1.29, 1.82) is 0 Å². The topological polar surface area (TPSA) is 20.2 Å². The van der Waals surface area contributed by atoms with Crippen LogP contribution < -0.4 is 0 Å². The molecule has 0 radical (unpaired) electrons. The second kappa shape index (κ2) is 11.3. The number of unbranched alkanes of at least 4 members (excludes halogenated alkanes) is 5. The van der Waals surface area contributed by atoms with Gasteiger partial charge in [-0.05, 0) is 32.1 Å². The lowest BCUT2D eigenvalue weighted by Crippen LogP contribution is -1.75. The Morgan fingerprint density at radius 3 is 2.08 bits per heavy atom. The molecule has 0 unspecified atom stereocenters. The van der Waals surface area contributed by atoms with E-state index in [0.29, 0.717) is 0 Å². The van der Waals surface area contributed by atoms with Gasteiger partial charge in [0.2, 0.25) is 0 Å². The molecule has 13 heavy (non-hydrogen) atoms. The zero-order chi connectivity index (χ0) is 9.78. The molecule has 0 aromatic carbocycles. The highest BCUT2D eigenvalue weighted by molar-refractivity contribution is 4.81. The highest BCUT2D eigenvalue weighted by Gasteiger charge is 1.85. The van der Waals surface area contributed by atoms with Crippen molar-refractivity contribution in [2.75, 3.05) is 0 Å². The predicted molar refractivity (Wildman–Crippen MR) is 58.9 cm³/mol. The maximum atomic E-state index is 8.37. The van der Waals surface area contributed by atoms with Gasteiger partial charge in [0.1, 0.15) is 0 Å². The van der Waals surface area contributed by atoms with Crippen LogP contribution in [0.15, 0.2) is 24.5 Å². The lowest BCUT2D eigenvalue weighted by molar-refractivity contribution is 0.469. The van der Waals surface area contributed by atoms with Crippen LogP contribution in [0.25, 0.3) is 0 Å². The molecule has 0 rings (SSSR count). The zero-order valence-corrected chi connectivity index (χ0v) is 8.71. The number of hydrogen-bond acceptors (Lipinski definition) is 1. The van der Waals surface area contributed by atoms with Gasteiger partial charge in [0.25, 0.3) is 0 Å². The van der Waals surface area contributed by atoms with Crippen LogP contribution in [-0.4, -0.2) is 5.11 Å². The van der Waals surface area contributed by atoms with E-state index < -0.39 is 0 Å². The monoisotopic (exact) mass is 182 g/mol. The van der Waals surface area contributed by atoms with Crippen molar-refractivity contribution in [2.24, 2.45) is 0 Å². The summed E-state index contributed by atoms with van der Waals surface area (Å²) in [4.78, 5) is 0. The molecule has 0 atom stereocenters. The molecule has 0 aliphatic carbocycles. The van der Waals surface area contributed by atoms with Crippen molar-refractivity contribution in [3.05, 3.63) is 24.5 Å². The van der Waals surface area contributed by atoms with Crippen molar-refractivity contribution < 1.29 is 5.11 Å². The van der Waals surface area contributed by atoms with E-state index in [-0.39, 0.29) is 0 Å². The second-order valence-electron chi connectivity index (χ2n) is 3.28. The fraction of sp³-hybridized carbons (Fsp3) is 0.667. The van der Waals surface area contributed by atoms with Gasteiger partial charge in [0.15, 0.2) is 0 Å². The Balaban J connectivity index is 2.99. The Hall–Kier alpha value is -0.720. The van der Waals surface area contributed by atoms with Gasteiger partial charge in [0, 0.05) is 0 Å². The van der Waals surface area contributed by atoms with E-state index in [1.165, 1.54) is 38.5 Å². The first-order chi connectivity index (χ1) is 6.41. The fourth-order valence-corrected chi connectivity index (χ4v) is 1.18. The normalized spacial score (nSPS) is 11.8. The molecular weight excluding hydrogens is 160 g/mol. The van der Waals surface area contributed by atoms with Crippen molar-refractivity contribution in [2.45, 2.75) is 51.9 Å². The SMILES string of the molecule is CCCC=CCCCCC/C=C/O. The third-order valence-electron chi connectivity index (χ3n) is 1.97. The van der Waals surface area contributed by atoms with Crippen LogP contribution in [0.5, 0.6) is 0 Å². The summed E-state index contributed by atoms with van der Waals surface area (Å²) in [5, 5.41) is 8.37. The molecule has 0 saturated carbocycles. The molecule has 1 nitrogen and oxygen atoms in total. The third-order valence-corrected chi connectivity index (χ3v) is 1.97. The van der Waals surface area contributed by atoms with Gasteiger partial charge >= 0.3 is 0 Å². The molecule has 0 spiro atoms. The molecule has 0 fully saturated rings. The predicted octanol–water partition coefficient (Wildman–Crippen LogP) is 4.36. The molecule has 1 N–H and O–H groups in total.